The lowest BCUT2D eigenvalue weighted by molar-refractivity contribution is -0.121. The Morgan fingerprint density at radius 2 is 1.75 bits per heavy atom. The van der Waals surface area contributed by atoms with Crippen LogP contribution in [0.3, 0.4) is 0 Å². The summed E-state index contributed by atoms with van der Waals surface area (Å²) in [6, 6.07) is 20.7. The molecule has 0 bridgehead atoms. The van der Waals surface area contributed by atoms with Gasteiger partial charge in [0, 0.05) is 19.5 Å². The molecule has 0 radical (unpaired) electrons. The third-order valence-corrected chi connectivity index (χ3v) is 6.54. The Bertz CT molecular complexity index is 1350. The second-order valence-corrected chi connectivity index (χ2v) is 9.14. The first-order valence-electron chi connectivity index (χ1n) is 11.8. The van der Waals surface area contributed by atoms with E-state index in [1.54, 1.807) is 41.2 Å². The van der Waals surface area contributed by atoms with E-state index in [4.69, 9.17) is 4.42 Å². The predicted octanol–water partition coefficient (Wildman–Crippen LogP) is 3.54. The summed E-state index contributed by atoms with van der Waals surface area (Å²) in [5.74, 6) is 0.518. The summed E-state index contributed by atoms with van der Waals surface area (Å²) in [7, 11) is 0. The Balaban J connectivity index is 1.34. The van der Waals surface area contributed by atoms with Gasteiger partial charge in [-0.2, -0.15) is 0 Å². The maximum atomic E-state index is 13.2. The summed E-state index contributed by atoms with van der Waals surface area (Å²) in [5.41, 5.74) is 1.57. The smallest absolute Gasteiger partial charge is 0.262 e. The highest BCUT2D eigenvalue weighted by Crippen LogP contribution is 2.18. The van der Waals surface area contributed by atoms with Gasteiger partial charge in [-0.05, 0) is 42.7 Å². The highest BCUT2D eigenvalue weighted by Gasteiger charge is 2.14. The molecule has 0 aliphatic rings. The average Bonchev–Trinajstić information content (AvgIpc) is 3.42. The maximum absolute atomic E-state index is 13.2. The summed E-state index contributed by atoms with van der Waals surface area (Å²) in [6.07, 6.45) is 3.10. The van der Waals surface area contributed by atoms with Gasteiger partial charge in [0.1, 0.15) is 5.76 Å². The van der Waals surface area contributed by atoms with Gasteiger partial charge in [-0.1, -0.05) is 54.2 Å². The fraction of sp³-hybridized carbons (Fsp3) is 0.259. The molecule has 0 fully saturated rings. The number of carbonyl (C=O) groups is 2. The number of para-hydroxylation sites is 1. The van der Waals surface area contributed by atoms with Crippen LogP contribution >= 0.6 is 11.8 Å². The van der Waals surface area contributed by atoms with Crippen LogP contribution in [0.15, 0.2) is 87.4 Å². The number of benzene rings is 2. The fourth-order valence-corrected chi connectivity index (χ4v) is 4.57. The molecular formula is C27H28N4O4S. The molecule has 2 aromatic heterocycles. The number of fused-ring (bicyclic) bond motifs is 1. The normalized spacial score (nSPS) is 10.9. The van der Waals surface area contributed by atoms with Gasteiger partial charge in [0.15, 0.2) is 5.16 Å². The minimum atomic E-state index is -0.192. The Morgan fingerprint density at radius 3 is 2.56 bits per heavy atom. The summed E-state index contributed by atoms with van der Waals surface area (Å²) < 4.78 is 6.79. The van der Waals surface area contributed by atoms with Crippen LogP contribution in [0.5, 0.6) is 0 Å². The van der Waals surface area contributed by atoms with Crippen LogP contribution in [-0.4, -0.2) is 33.7 Å². The van der Waals surface area contributed by atoms with Crippen molar-refractivity contribution in [1.82, 2.24) is 20.2 Å². The molecule has 0 spiro atoms. The molecule has 0 saturated heterocycles. The molecule has 2 N–H and O–H groups in total. The van der Waals surface area contributed by atoms with Gasteiger partial charge in [0.25, 0.3) is 5.56 Å². The molecule has 0 atom stereocenters. The molecule has 4 aromatic rings. The lowest BCUT2D eigenvalue weighted by atomic mass is 10.1. The van der Waals surface area contributed by atoms with Crippen molar-refractivity contribution >= 4 is 34.5 Å². The molecule has 0 saturated carbocycles. The number of hydrogen-bond acceptors (Lipinski definition) is 6. The second kappa shape index (κ2) is 12.7. The van der Waals surface area contributed by atoms with Crippen molar-refractivity contribution in [2.24, 2.45) is 0 Å². The number of nitrogens with zero attached hydrogens (tertiary/aromatic N) is 2. The summed E-state index contributed by atoms with van der Waals surface area (Å²) in [5, 5.41) is 6.69. The molecule has 8 nitrogen and oxygen atoms in total. The molecule has 2 amide bonds. The zero-order valence-electron chi connectivity index (χ0n) is 19.8. The van der Waals surface area contributed by atoms with Crippen molar-refractivity contribution in [3.63, 3.8) is 0 Å². The van der Waals surface area contributed by atoms with Gasteiger partial charge >= 0.3 is 0 Å². The van der Waals surface area contributed by atoms with E-state index in [1.807, 2.05) is 36.4 Å². The Labute approximate surface area is 213 Å². The third kappa shape index (κ3) is 7.08. The van der Waals surface area contributed by atoms with E-state index in [1.165, 1.54) is 17.3 Å². The summed E-state index contributed by atoms with van der Waals surface area (Å²) >= 11 is 1.20. The quantitative estimate of drug-likeness (QED) is 0.226. The number of thioether (sulfide) groups is 1. The first-order chi connectivity index (χ1) is 17.6. The van der Waals surface area contributed by atoms with E-state index in [-0.39, 0.29) is 23.1 Å². The van der Waals surface area contributed by atoms with E-state index >= 15 is 0 Å². The summed E-state index contributed by atoms with van der Waals surface area (Å²) in [4.78, 5) is 42.4. The van der Waals surface area contributed by atoms with E-state index in [9.17, 15) is 14.4 Å². The predicted molar refractivity (Wildman–Crippen MR) is 140 cm³/mol. The van der Waals surface area contributed by atoms with Crippen LogP contribution in [-0.2, 0) is 29.1 Å². The molecule has 0 aliphatic heterocycles. The number of furan rings is 1. The van der Waals surface area contributed by atoms with E-state index in [0.29, 0.717) is 54.3 Å². The Kier molecular flexibility index (Phi) is 8.93. The monoisotopic (exact) mass is 504 g/mol. The maximum Gasteiger partial charge on any atom is 0.262 e. The third-order valence-electron chi connectivity index (χ3n) is 5.56. The number of hydrogen-bond donors (Lipinski definition) is 2. The van der Waals surface area contributed by atoms with E-state index in [0.717, 1.165) is 6.42 Å². The molecule has 2 heterocycles. The van der Waals surface area contributed by atoms with Gasteiger partial charge in [0.2, 0.25) is 11.8 Å². The van der Waals surface area contributed by atoms with Gasteiger partial charge in [0.05, 0.1) is 29.5 Å². The topological polar surface area (TPSA) is 106 Å². The van der Waals surface area contributed by atoms with Crippen molar-refractivity contribution in [3.05, 3.63) is 94.7 Å². The molecule has 2 aromatic carbocycles. The molecule has 36 heavy (non-hydrogen) atoms. The highest BCUT2D eigenvalue weighted by atomic mass is 32.2. The Hall–Kier alpha value is -3.85. The van der Waals surface area contributed by atoms with Crippen molar-refractivity contribution in [1.29, 1.82) is 0 Å². The standard InChI is InChI=1S/C27H28N4O4S/c32-24(28-15-14-20-8-2-1-3-9-20)13-6-16-31-26(34)22-11-4-5-12-23(22)30-27(31)36-19-25(33)29-18-21-10-7-17-35-21/h1-5,7-12,17H,6,13-16,18-19H2,(H,28,32)(H,29,33). The minimum absolute atomic E-state index is 0.0563. The Morgan fingerprint density at radius 1 is 0.944 bits per heavy atom. The van der Waals surface area contributed by atoms with Crippen LogP contribution in [0.2, 0.25) is 0 Å². The zero-order valence-corrected chi connectivity index (χ0v) is 20.6. The first kappa shape index (κ1) is 25.2. The summed E-state index contributed by atoms with van der Waals surface area (Å²) in [6.45, 7) is 1.19. The van der Waals surface area contributed by atoms with Crippen LogP contribution in [0, 0.1) is 0 Å². The molecule has 0 unspecified atom stereocenters. The van der Waals surface area contributed by atoms with Crippen molar-refractivity contribution in [2.75, 3.05) is 12.3 Å². The molecule has 9 heteroatoms. The number of amides is 2. The zero-order chi connectivity index (χ0) is 25.2. The van der Waals surface area contributed by atoms with Crippen LogP contribution < -0.4 is 16.2 Å². The van der Waals surface area contributed by atoms with Gasteiger partial charge in [-0.3, -0.25) is 19.0 Å². The number of nitrogens with one attached hydrogen (secondary N) is 2. The van der Waals surface area contributed by atoms with Gasteiger partial charge in [-0.15, -0.1) is 0 Å². The number of aromatic nitrogens is 2. The van der Waals surface area contributed by atoms with E-state index < -0.39 is 0 Å². The van der Waals surface area contributed by atoms with Crippen molar-refractivity contribution in [3.8, 4) is 0 Å². The lowest BCUT2D eigenvalue weighted by Gasteiger charge is -2.13. The largest absolute Gasteiger partial charge is 0.467 e. The SMILES string of the molecule is O=C(CCCn1c(SCC(=O)NCc2ccco2)nc2ccccc2c1=O)NCCc1ccccc1. The van der Waals surface area contributed by atoms with Gasteiger partial charge in [-0.25, -0.2) is 4.98 Å². The average molecular weight is 505 g/mol. The number of carbonyl (C=O) groups excluding carboxylic acids is 2. The van der Waals surface area contributed by atoms with Crippen molar-refractivity contribution in [2.45, 2.75) is 37.5 Å². The molecule has 0 aliphatic carbocycles. The second-order valence-electron chi connectivity index (χ2n) is 8.20. The van der Waals surface area contributed by atoms with E-state index in [2.05, 4.69) is 15.6 Å². The van der Waals surface area contributed by atoms with Crippen LogP contribution in [0.1, 0.15) is 24.2 Å². The first-order valence-corrected chi connectivity index (χ1v) is 12.8. The molecular weight excluding hydrogens is 476 g/mol. The van der Waals surface area contributed by atoms with Crippen LogP contribution in [0.25, 0.3) is 10.9 Å². The minimum Gasteiger partial charge on any atom is -0.467 e. The highest BCUT2D eigenvalue weighted by molar-refractivity contribution is 7.99. The van der Waals surface area contributed by atoms with Gasteiger partial charge < -0.3 is 15.1 Å². The molecule has 4 rings (SSSR count). The lowest BCUT2D eigenvalue weighted by Crippen LogP contribution is -2.28. The van der Waals surface area contributed by atoms with Crippen LogP contribution in [0.4, 0.5) is 0 Å². The molecule has 186 valence electrons. The van der Waals surface area contributed by atoms with Crippen molar-refractivity contribution < 1.29 is 14.0 Å². The fourth-order valence-electron chi connectivity index (χ4n) is 3.71. The number of rotatable bonds is 12.